The van der Waals surface area contributed by atoms with Crippen LogP contribution >= 0.6 is 0 Å². The molecule has 0 radical (unpaired) electrons. The van der Waals surface area contributed by atoms with Crippen LogP contribution in [0.4, 0.5) is 0 Å². The predicted octanol–water partition coefficient (Wildman–Crippen LogP) is -0.673. The van der Waals surface area contributed by atoms with Crippen LogP contribution in [-0.2, 0) is 24.4 Å². The molecule has 1 aromatic rings. The molecule has 1 unspecified atom stereocenters. The molecular weight excluding hydrogens is 208 g/mol. The molecule has 16 heavy (non-hydrogen) atoms. The second-order valence-electron chi connectivity index (χ2n) is 4.34. The lowest BCUT2D eigenvalue weighted by molar-refractivity contribution is 0.0928. The van der Waals surface area contributed by atoms with E-state index in [-0.39, 0.29) is 11.8 Å². The van der Waals surface area contributed by atoms with Crippen LogP contribution in [0, 0.1) is 0 Å². The lowest BCUT2D eigenvalue weighted by Gasteiger charge is -2.11. The Bertz CT molecular complexity index is 431. The molecule has 0 amide bonds. The zero-order chi connectivity index (χ0) is 11.0. The first-order valence-electron chi connectivity index (χ1n) is 5.83. The molecule has 3 heterocycles. The van der Waals surface area contributed by atoms with Crippen LogP contribution in [0.25, 0.3) is 0 Å². The van der Waals surface area contributed by atoms with E-state index in [0.29, 0.717) is 13.1 Å². The van der Waals surface area contributed by atoms with Crippen molar-refractivity contribution in [3.63, 3.8) is 0 Å². The molecule has 1 N–H and O–H groups in total. The molecule has 1 atom stereocenters. The van der Waals surface area contributed by atoms with E-state index in [9.17, 15) is 4.79 Å². The molecule has 1 aromatic heterocycles. The Hall–Kier alpha value is -1.14. The molecule has 2 aliphatic rings. The molecule has 0 aromatic carbocycles. The second kappa shape index (κ2) is 4.03. The van der Waals surface area contributed by atoms with Crippen LogP contribution in [-0.4, -0.2) is 33.6 Å². The number of aromatic nitrogens is 3. The van der Waals surface area contributed by atoms with Crippen LogP contribution in [0.5, 0.6) is 0 Å². The van der Waals surface area contributed by atoms with Crippen molar-refractivity contribution >= 4 is 0 Å². The monoisotopic (exact) mass is 224 g/mol. The SMILES string of the molecule is O=c1n(CC2CCCO2)nc2n1CCNC2. The number of nitrogens with zero attached hydrogens (tertiary/aromatic N) is 3. The van der Waals surface area contributed by atoms with E-state index in [4.69, 9.17) is 4.74 Å². The first-order valence-corrected chi connectivity index (χ1v) is 5.83. The van der Waals surface area contributed by atoms with Gasteiger partial charge in [0.05, 0.1) is 19.2 Å². The van der Waals surface area contributed by atoms with Crippen LogP contribution in [0.1, 0.15) is 18.7 Å². The fourth-order valence-electron chi connectivity index (χ4n) is 2.33. The fraction of sp³-hybridized carbons (Fsp3) is 0.800. The van der Waals surface area contributed by atoms with Gasteiger partial charge in [0.25, 0.3) is 0 Å². The van der Waals surface area contributed by atoms with Crippen molar-refractivity contribution in [3.05, 3.63) is 16.3 Å². The van der Waals surface area contributed by atoms with Crippen molar-refractivity contribution < 1.29 is 4.74 Å². The normalized spacial score (nSPS) is 24.6. The van der Waals surface area contributed by atoms with Gasteiger partial charge in [-0.1, -0.05) is 0 Å². The summed E-state index contributed by atoms with van der Waals surface area (Å²) in [5, 5.41) is 7.55. The van der Waals surface area contributed by atoms with Crippen molar-refractivity contribution in [3.8, 4) is 0 Å². The summed E-state index contributed by atoms with van der Waals surface area (Å²) in [6.07, 6.45) is 2.30. The number of hydrogen-bond acceptors (Lipinski definition) is 4. The third kappa shape index (κ3) is 1.68. The summed E-state index contributed by atoms with van der Waals surface area (Å²) in [5.74, 6) is 0.842. The molecule has 88 valence electrons. The van der Waals surface area contributed by atoms with Crippen molar-refractivity contribution in [2.45, 2.75) is 38.6 Å². The first kappa shape index (κ1) is 10.0. The maximum absolute atomic E-state index is 12.0. The number of rotatable bonds is 2. The standard InChI is InChI=1S/C10H16N4O2/c15-10-13-4-3-11-6-9(13)12-14(10)7-8-2-1-5-16-8/h8,11H,1-7H2. The van der Waals surface area contributed by atoms with Crippen molar-refractivity contribution in [1.82, 2.24) is 19.7 Å². The van der Waals surface area contributed by atoms with E-state index in [2.05, 4.69) is 10.4 Å². The molecule has 0 saturated carbocycles. The number of fused-ring (bicyclic) bond motifs is 1. The lowest BCUT2D eigenvalue weighted by atomic mass is 10.2. The summed E-state index contributed by atoms with van der Waals surface area (Å²) in [6.45, 7) is 3.67. The zero-order valence-corrected chi connectivity index (χ0v) is 9.19. The summed E-state index contributed by atoms with van der Waals surface area (Å²) in [6, 6.07) is 0. The minimum Gasteiger partial charge on any atom is -0.376 e. The summed E-state index contributed by atoms with van der Waals surface area (Å²) in [5.41, 5.74) is 0.00648. The van der Waals surface area contributed by atoms with E-state index in [1.807, 2.05) is 0 Å². The Labute approximate surface area is 93.2 Å². The molecule has 0 spiro atoms. The Balaban J connectivity index is 1.84. The quantitative estimate of drug-likeness (QED) is 0.723. The summed E-state index contributed by atoms with van der Waals surface area (Å²) in [4.78, 5) is 12.0. The third-order valence-electron chi connectivity index (χ3n) is 3.20. The van der Waals surface area contributed by atoms with Gasteiger partial charge in [0, 0.05) is 19.7 Å². The van der Waals surface area contributed by atoms with Gasteiger partial charge >= 0.3 is 5.69 Å². The third-order valence-corrected chi connectivity index (χ3v) is 3.20. The highest BCUT2D eigenvalue weighted by Gasteiger charge is 2.21. The van der Waals surface area contributed by atoms with E-state index < -0.39 is 0 Å². The Kier molecular flexibility index (Phi) is 2.53. The Morgan fingerprint density at radius 2 is 2.50 bits per heavy atom. The molecule has 3 rings (SSSR count). The van der Waals surface area contributed by atoms with E-state index in [1.54, 1.807) is 9.25 Å². The molecular formula is C10H16N4O2. The van der Waals surface area contributed by atoms with Gasteiger partial charge in [-0.05, 0) is 12.8 Å². The first-order chi connectivity index (χ1) is 7.84. The van der Waals surface area contributed by atoms with Gasteiger partial charge in [-0.15, -0.1) is 0 Å². The minimum atomic E-state index is 0.00648. The fourth-order valence-corrected chi connectivity index (χ4v) is 2.33. The smallest absolute Gasteiger partial charge is 0.346 e. The Morgan fingerprint density at radius 1 is 1.56 bits per heavy atom. The average Bonchev–Trinajstić information content (AvgIpc) is 2.90. The molecule has 2 aliphatic heterocycles. The summed E-state index contributed by atoms with van der Waals surface area (Å²) in [7, 11) is 0. The highest BCUT2D eigenvalue weighted by atomic mass is 16.5. The van der Waals surface area contributed by atoms with E-state index in [0.717, 1.165) is 38.4 Å². The molecule has 6 heteroatoms. The number of nitrogens with one attached hydrogen (secondary N) is 1. The predicted molar refractivity (Wildman–Crippen MR) is 57.2 cm³/mol. The van der Waals surface area contributed by atoms with Crippen molar-refractivity contribution in [1.29, 1.82) is 0 Å². The summed E-state index contributed by atoms with van der Waals surface area (Å²) < 4.78 is 8.83. The molecule has 1 fully saturated rings. The van der Waals surface area contributed by atoms with Crippen LogP contribution in [0.3, 0.4) is 0 Å². The zero-order valence-electron chi connectivity index (χ0n) is 9.19. The van der Waals surface area contributed by atoms with Crippen LogP contribution in [0.15, 0.2) is 4.79 Å². The van der Waals surface area contributed by atoms with E-state index in [1.165, 1.54) is 0 Å². The maximum Gasteiger partial charge on any atom is 0.346 e. The van der Waals surface area contributed by atoms with Crippen molar-refractivity contribution in [2.24, 2.45) is 0 Å². The topological polar surface area (TPSA) is 61.1 Å². The van der Waals surface area contributed by atoms with E-state index >= 15 is 0 Å². The lowest BCUT2D eigenvalue weighted by Crippen LogP contribution is -2.35. The molecule has 1 saturated heterocycles. The van der Waals surface area contributed by atoms with Crippen LogP contribution < -0.4 is 11.0 Å². The second-order valence-corrected chi connectivity index (χ2v) is 4.34. The van der Waals surface area contributed by atoms with Gasteiger partial charge in [-0.2, -0.15) is 5.10 Å². The van der Waals surface area contributed by atoms with Gasteiger partial charge in [-0.25, -0.2) is 9.48 Å². The Morgan fingerprint density at radius 3 is 3.25 bits per heavy atom. The van der Waals surface area contributed by atoms with Crippen molar-refractivity contribution in [2.75, 3.05) is 13.2 Å². The molecule has 0 aliphatic carbocycles. The maximum atomic E-state index is 12.0. The number of ether oxygens (including phenoxy) is 1. The van der Waals surface area contributed by atoms with Crippen LogP contribution in [0.2, 0.25) is 0 Å². The van der Waals surface area contributed by atoms with Gasteiger partial charge < -0.3 is 10.1 Å². The van der Waals surface area contributed by atoms with Gasteiger partial charge in [-0.3, -0.25) is 4.57 Å². The minimum absolute atomic E-state index is 0.00648. The summed E-state index contributed by atoms with van der Waals surface area (Å²) >= 11 is 0. The molecule has 6 nitrogen and oxygen atoms in total. The molecule has 0 bridgehead atoms. The van der Waals surface area contributed by atoms with Gasteiger partial charge in [0.1, 0.15) is 5.82 Å². The largest absolute Gasteiger partial charge is 0.376 e. The average molecular weight is 224 g/mol. The van der Waals surface area contributed by atoms with Gasteiger partial charge in [0.2, 0.25) is 0 Å². The number of hydrogen-bond donors (Lipinski definition) is 1. The highest BCUT2D eigenvalue weighted by Crippen LogP contribution is 2.13. The highest BCUT2D eigenvalue weighted by molar-refractivity contribution is 4.91. The van der Waals surface area contributed by atoms with Gasteiger partial charge in [0.15, 0.2) is 0 Å².